The first-order chi connectivity index (χ1) is 20.8. The van der Waals surface area contributed by atoms with Crippen LogP contribution in [0.4, 0.5) is 0 Å². The van der Waals surface area contributed by atoms with Crippen molar-refractivity contribution in [3.05, 3.63) is 137 Å². The highest BCUT2D eigenvalue weighted by Gasteiger charge is 2.31. The van der Waals surface area contributed by atoms with Crippen LogP contribution in [-0.2, 0) is 0 Å². The molecule has 6 aromatic rings. The molecule has 1 nitrogen and oxygen atoms in total. The molecule has 43 heavy (non-hydrogen) atoms. The van der Waals surface area contributed by atoms with E-state index in [1.165, 1.54) is 66.1 Å². The molecule has 0 aromatic heterocycles. The van der Waals surface area contributed by atoms with Crippen LogP contribution in [-0.4, -0.2) is 14.0 Å². The number of benzene rings is 6. The number of rotatable bonds is 4. The van der Waals surface area contributed by atoms with Crippen molar-refractivity contribution >= 4 is 52.1 Å². The lowest BCUT2D eigenvalue weighted by Gasteiger charge is -2.27. The molecule has 0 N–H and O–H groups in total. The molecule has 6 aromatic carbocycles. The Balaban J connectivity index is 1.54. The molecule has 0 saturated carbocycles. The molecule has 0 saturated heterocycles. The Morgan fingerprint density at radius 2 is 1.07 bits per heavy atom. The Bertz CT molecular complexity index is 1950. The second kappa shape index (κ2) is 10.7. The van der Waals surface area contributed by atoms with Crippen molar-refractivity contribution in [2.24, 2.45) is 0 Å². The largest absolute Gasteiger partial charge is 0.458 e. The first-order valence-corrected chi connectivity index (χ1v) is 15.2. The number of para-hydroxylation sites is 2. The molecule has 0 spiro atoms. The van der Waals surface area contributed by atoms with Gasteiger partial charge in [-0.3, -0.25) is 0 Å². The van der Waals surface area contributed by atoms with E-state index >= 15 is 0 Å². The molecule has 1 aliphatic rings. The van der Waals surface area contributed by atoms with Gasteiger partial charge in [-0.1, -0.05) is 147 Å². The molecule has 0 aliphatic carbocycles. The minimum absolute atomic E-state index is 0.0822. The van der Waals surface area contributed by atoms with E-state index in [0.29, 0.717) is 0 Å². The summed E-state index contributed by atoms with van der Waals surface area (Å²) in [7, 11) is 2.24. The van der Waals surface area contributed by atoms with Crippen LogP contribution in [0.5, 0.6) is 11.5 Å². The third kappa shape index (κ3) is 4.68. The Morgan fingerprint density at radius 1 is 0.535 bits per heavy atom. The maximum atomic E-state index is 6.65. The van der Waals surface area contributed by atoms with E-state index in [1.807, 2.05) is 6.07 Å². The normalized spacial score (nSPS) is 11.9. The summed E-state index contributed by atoms with van der Waals surface area (Å²) < 4.78 is 6.65. The van der Waals surface area contributed by atoms with Crippen LogP contribution < -0.4 is 32.1 Å². The topological polar surface area (TPSA) is 9.23 Å². The molecule has 0 amide bonds. The number of hydrogen-bond acceptors (Lipinski definition) is 1. The molecule has 1 heterocycles. The molecule has 0 atom stereocenters. The Labute approximate surface area is 256 Å². The zero-order valence-electron chi connectivity index (χ0n) is 25.9. The van der Waals surface area contributed by atoms with Gasteiger partial charge in [-0.2, -0.15) is 0 Å². The van der Waals surface area contributed by atoms with Crippen molar-refractivity contribution in [2.75, 3.05) is 0 Å². The van der Waals surface area contributed by atoms with E-state index in [9.17, 15) is 0 Å². The zero-order chi connectivity index (χ0) is 29.8. The van der Waals surface area contributed by atoms with Crippen LogP contribution in [0, 0.1) is 41.5 Å². The van der Waals surface area contributed by atoms with Gasteiger partial charge < -0.3 is 4.74 Å². The van der Waals surface area contributed by atoms with Crippen molar-refractivity contribution in [2.45, 2.75) is 41.5 Å². The lowest BCUT2D eigenvalue weighted by atomic mass is 9.33. The summed E-state index contributed by atoms with van der Waals surface area (Å²) in [6, 6.07) is 37.7. The van der Waals surface area contributed by atoms with E-state index in [2.05, 4.69) is 146 Å². The van der Waals surface area contributed by atoms with Crippen LogP contribution >= 0.6 is 0 Å². The summed E-state index contributed by atoms with van der Waals surface area (Å²) in [5, 5.41) is 2.52. The minimum Gasteiger partial charge on any atom is -0.458 e. The van der Waals surface area contributed by atoms with E-state index in [-0.39, 0.29) is 6.71 Å². The van der Waals surface area contributed by atoms with Crippen molar-refractivity contribution in [1.29, 1.82) is 0 Å². The van der Waals surface area contributed by atoms with E-state index in [4.69, 9.17) is 4.74 Å². The number of fused-ring (bicyclic) bond motifs is 3. The highest BCUT2D eigenvalue weighted by molar-refractivity contribution is 6.98. The molecule has 1 aliphatic heterocycles. The van der Waals surface area contributed by atoms with Gasteiger partial charge in [-0.15, -0.1) is 0 Å². The summed E-state index contributed by atoms with van der Waals surface area (Å²) in [6.07, 6.45) is 0. The molecule has 0 fully saturated rings. The average molecular weight is 553 g/mol. The molecule has 0 unspecified atom stereocenters. The van der Waals surface area contributed by atoms with Crippen molar-refractivity contribution in [1.82, 2.24) is 0 Å². The van der Waals surface area contributed by atoms with Gasteiger partial charge in [0.15, 0.2) is 0 Å². The van der Waals surface area contributed by atoms with Gasteiger partial charge in [-0.25, -0.2) is 0 Å². The molecule has 3 heteroatoms. The highest BCUT2D eigenvalue weighted by Crippen LogP contribution is 2.37. The molecule has 0 bridgehead atoms. The SMILES string of the molecule is Cc1cc(C)c(B(c2c(C)cc(C)cc2C)c2cccc3cccc(-c4cccc5c4Oc4ccccc4[B]5)c23)c(C)c1. The predicted octanol–water partition coefficient (Wildman–Crippen LogP) is 6.63. The van der Waals surface area contributed by atoms with E-state index in [0.717, 1.165) is 28.0 Å². The van der Waals surface area contributed by atoms with Gasteiger partial charge >= 0.3 is 0 Å². The second-order valence-electron chi connectivity index (χ2n) is 12.3. The van der Waals surface area contributed by atoms with Crippen LogP contribution in [0.25, 0.3) is 21.9 Å². The molecule has 207 valence electrons. The summed E-state index contributed by atoms with van der Waals surface area (Å²) >= 11 is 0. The van der Waals surface area contributed by atoms with E-state index < -0.39 is 0 Å². The van der Waals surface area contributed by atoms with Gasteiger partial charge in [0, 0.05) is 5.56 Å². The third-order valence-electron chi connectivity index (χ3n) is 9.08. The van der Waals surface area contributed by atoms with Gasteiger partial charge in [0.2, 0.25) is 14.0 Å². The van der Waals surface area contributed by atoms with Gasteiger partial charge in [0.25, 0.3) is 0 Å². The summed E-state index contributed by atoms with van der Waals surface area (Å²) in [5.41, 5.74) is 16.6. The van der Waals surface area contributed by atoms with Crippen LogP contribution in [0.1, 0.15) is 33.4 Å². The quantitative estimate of drug-likeness (QED) is 0.222. The average Bonchev–Trinajstić information content (AvgIpc) is 2.97. The zero-order valence-corrected chi connectivity index (χ0v) is 25.9. The number of aryl methyl sites for hydroxylation is 6. The number of ether oxygens (including phenoxy) is 1. The predicted molar refractivity (Wildman–Crippen MR) is 187 cm³/mol. The molecule has 7 rings (SSSR count). The monoisotopic (exact) mass is 553 g/mol. The second-order valence-corrected chi connectivity index (χ2v) is 12.3. The van der Waals surface area contributed by atoms with Gasteiger partial charge in [0.05, 0.1) is 0 Å². The third-order valence-corrected chi connectivity index (χ3v) is 9.08. The van der Waals surface area contributed by atoms with Crippen LogP contribution in [0.3, 0.4) is 0 Å². The highest BCUT2D eigenvalue weighted by atomic mass is 16.5. The fraction of sp³-hybridized carbons (Fsp3) is 0.150. The van der Waals surface area contributed by atoms with Crippen molar-refractivity contribution < 1.29 is 4.74 Å². The molecular weight excluding hydrogens is 518 g/mol. The first-order valence-electron chi connectivity index (χ1n) is 15.2. The first kappa shape index (κ1) is 27.3. The van der Waals surface area contributed by atoms with Crippen LogP contribution in [0.2, 0.25) is 0 Å². The molecule has 1 radical (unpaired) electrons. The fourth-order valence-electron chi connectivity index (χ4n) is 7.55. The van der Waals surface area contributed by atoms with Crippen molar-refractivity contribution in [3.63, 3.8) is 0 Å². The standard InChI is InChI=1S/C40H35B2O/c1-24-20-26(3)38(27(4)21-24)42(39-28(5)22-25(2)23-29(39)6)35-18-10-13-30-12-9-14-31(37(30)35)32-15-11-17-34-40(32)43-36-19-8-7-16-33(36)41-34/h7-23H,1-6H3. The Hall–Kier alpha value is -4.49. The summed E-state index contributed by atoms with van der Waals surface area (Å²) in [4.78, 5) is 0. The Kier molecular flexibility index (Phi) is 6.78. The van der Waals surface area contributed by atoms with E-state index in [1.54, 1.807) is 0 Å². The van der Waals surface area contributed by atoms with Crippen LogP contribution in [0.15, 0.2) is 103 Å². The smallest absolute Gasteiger partial charge is 0.243 e. The fourth-order valence-corrected chi connectivity index (χ4v) is 7.55. The maximum absolute atomic E-state index is 6.65. The van der Waals surface area contributed by atoms with Gasteiger partial charge in [0.1, 0.15) is 11.5 Å². The lowest BCUT2D eigenvalue weighted by molar-refractivity contribution is 0.489. The van der Waals surface area contributed by atoms with Crippen molar-refractivity contribution in [3.8, 4) is 22.6 Å². The maximum Gasteiger partial charge on any atom is 0.243 e. The Morgan fingerprint density at radius 3 is 1.72 bits per heavy atom. The molecular formula is C40H35B2O. The summed E-state index contributed by atoms with van der Waals surface area (Å²) in [5.74, 6) is 1.82. The minimum atomic E-state index is 0.0822. The van der Waals surface area contributed by atoms with Gasteiger partial charge in [-0.05, 0) is 74.9 Å². The summed E-state index contributed by atoms with van der Waals surface area (Å²) in [6.45, 7) is 13.6. The number of hydrogen-bond donors (Lipinski definition) is 0. The lowest BCUT2D eigenvalue weighted by Crippen LogP contribution is -2.56.